The molecule has 1 nitrogen and oxygen atoms in total. The maximum absolute atomic E-state index is 11.4. The molecule has 0 fully saturated rings. The van der Waals surface area contributed by atoms with Crippen LogP contribution in [-0.2, 0) is 0 Å². The number of allylic oxidation sites excluding steroid dienone is 1. The van der Waals surface area contributed by atoms with Gasteiger partial charge in [0.15, 0.2) is 0 Å². The molecule has 2 heteroatoms. The molecule has 0 bridgehead atoms. The highest BCUT2D eigenvalue weighted by molar-refractivity contribution is 5.70. The van der Waals surface area contributed by atoms with Gasteiger partial charge < -0.3 is 0 Å². The van der Waals surface area contributed by atoms with Gasteiger partial charge in [-0.25, -0.2) is 4.99 Å². The fourth-order valence-electron chi connectivity index (χ4n) is 0.134. The lowest BCUT2D eigenvalue weighted by Crippen LogP contribution is -1.60. The molecule has 0 aromatic heterocycles. The Bertz CT molecular complexity index is 105. The van der Waals surface area contributed by atoms with Gasteiger partial charge in [0.05, 0.1) is 0 Å². The number of rotatable bonds is 2. The molecular formula is C5H6FN. The maximum atomic E-state index is 11.4. The van der Waals surface area contributed by atoms with E-state index in [4.69, 9.17) is 0 Å². The lowest BCUT2D eigenvalue weighted by atomic mass is 10.7. The normalized spacial score (nSPS) is 9.29. The van der Waals surface area contributed by atoms with Crippen molar-refractivity contribution in [2.75, 3.05) is 0 Å². The molecule has 38 valence electrons. The molecule has 0 heterocycles. The fraction of sp³-hybridized carbons (Fsp3) is 0. The van der Waals surface area contributed by atoms with E-state index < -0.39 is 5.95 Å². The molecule has 0 aliphatic heterocycles. The molecule has 0 rings (SSSR count). The molecule has 0 unspecified atom stereocenters. The minimum absolute atomic E-state index is 0.695. The van der Waals surface area contributed by atoms with Crippen molar-refractivity contribution in [2.45, 2.75) is 0 Å². The molecule has 0 saturated carbocycles. The van der Waals surface area contributed by atoms with E-state index in [9.17, 15) is 4.39 Å². The second-order valence-corrected chi connectivity index (χ2v) is 0.890. The summed E-state index contributed by atoms with van der Waals surface area (Å²) in [5.74, 6) is -0.695. The Labute approximate surface area is 41.9 Å². The number of hydrogen-bond acceptors (Lipinski definition) is 1. The molecule has 0 aliphatic rings. The van der Waals surface area contributed by atoms with Gasteiger partial charge in [0.2, 0.25) is 5.95 Å². The Hall–Kier alpha value is -0.920. The first-order valence-corrected chi connectivity index (χ1v) is 1.77. The predicted octanol–water partition coefficient (Wildman–Crippen LogP) is 1.68. The van der Waals surface area contributed by atoms with Crippen molar-refractivity contribution < 1.29 is 4.39 Å². The van der Waals surface area contributed by atoms with Crippen molar-refractivity contribution in [1.82, 2.24) is 0 Å². The zero-order valence-corrected chi connectivity index (χ0v) is 3.89. The number of aliphatic imine (C=N–C) groups is 1. The summed E-state index contributed by atoms with van der Waals surface area (Å²) in [7, 11) is 0. The van der Waals surface area contributed by atoms with E-state index >= 15 is 0 Å². The Morgan fingerprint density at radius 3 is 2.43 bits per heavy atom. The van der Waals surface area contributed by atoms with Crippen LogP contribution in [0.2, 0.25) is 0 Å². The Balaban J connectivity index is 3.46. The summed E-state index contributed by atoms with van der Waals surface area (Å²) < 4.78 is 11.4. The largest absolute Gasteiger partial charge is 0.229 e. The van der Waals surface area contributed by atoms with Crippen molar-refractivity contribution >= 4 is 6.21 Å². The summed E-state index contributed by atoms with van der Waals surface area (Å²) in [4.78, 5) is 3.14. The van der Waals surface area contributed by atoms with Crippen molar-refractivity contribution in [3.63, 3.8) is 0 Å². The molecule has 0 aliphatic carbocycles. The smallest absolute Gasteiger partial charge is 0.205 e. The summed E-state index contributed by atoms with van der Waals surface area (Å²) in [6.07, 6.45) is 2.62. The van der Waals surface area contributed by atoms with Gasteiger partial charge in [-0.1, -0.05) is 12.7 Å². The number of nitrogens with zero attached hydrogens (tertiary/aromatic N) is 1. The topological polar surface area (TPSA) is 12.4 Å². The van der Waals surface area contributed by atoms with Crippen LogP contribution < -0.4 is 0 Å². The molecular weight excluding hydrogens is 93.1 g/mol. The first-order valence-electron chi connectivity index (χ1n) is 1.77. The van der Waals surface area contributed by atoms with Gasteiger partial charge >= 0.3 is 0 Å². The van der Waals surface area contributed by atoms with E-state index in [1.165, 1.54) is 12.3 Å². The van der Waals surface area contributed by atoms with Crippen LogP contribution in [0, 0.1) is 0 Å². The minimum Gasteiger partial charge on any atom is -0.229 e. The monoisotopic (exact) mass is 99.0 g/mol. The molecule has 0 aromatic carbocycles. The molecule has 0 N–H and O–H groups in total. The average molecular weight is 99.1 g/mol. The van der Waals surface area contributed by atoms with Crippen LogP contribution in [0.15, 0.2) is 30.2 Å². The standard InChI is InChI=1S/C5H6FN/c1-3-4-7-5(2)6/h3-4H,1-2H2. The van der Waals surface area contributed by atoms with Gasteiger partial charge in [0.1, 0.15) is 0 Å². The summed E-state index contributed by atoms with van der Waals surface area (Å²) in [6.45, 7) is 6.16. The molecule has 0 spiro atoms. The Morgan fingerprint density at radius 2 is 2.29 bits per heavy atom. The molecule has 0 saturated heterocycles. The van der Waals surface area contributed by atoms with Gasteiger partial charge in [0.25, 0.3) is 0 Å². The van der Waals surface area contributed by atoms with Crippen LogP contribution in [0.4, 0.5) is 4.39 Å². The average Bonchev–Trinajstić information content (AvgIpc) is 1.61. The first kappa shape index (κ1) is 6.08. The van der Waals surface area contributed by atoms with Crippen LogP contribution in [0.5, 0.6) is 0 Å². The summed E-state index contributed by atoms with van der Waals surface area (Å²) >= 11 is 0. The van der Waals surface area contributed by atoms with Crippen molar-refractivity contribution in [1.29, 1.82) is 0 Å². The highest BCUT2D eigenvalue weighted by Gasteiger charge is 1.71. The van der Waals surface area contributed by atoms with Crippen molar-refractivity contribution in [3.8, 4) is 0 Å². The summed E-state index contributed by atoms with van der Waals surface area (Å²) in [5.41, 5.74) is 0. The van der Waals surface area contributed by atoms with E-state index in [1.807, 2.05) is 0 Å². The highest BCUT2D eigenvalue weighted by Crippen LogP contribution is 1.88. The zero-order chi connectivity index (χ0) is 5.70. The van der Waals surface area contributed by atoms with Gasteiger partial charge in [-0.05, 0) is 6.58 Å². The SMILES string of the molecule is C=CC=NC(=C)F. The second kappa shape index (κ2) is 3.28. The van der Waals surface area contributed by atoms with Crippen LogP contribution in [0.3, 0.4) is 0 Å². The number of hydrogen-bond donors (Lipinski definition) is 0. The molecule has 0 aromatic rings. The third-order valence-electron chi connectivity index (χ3n) is 0.320. The number of halogens is 1. The molecule has 0 atom stereocenters. The van der Waals surface area contributed by atoms with Gasteiger partial charge in [-0.15, -0.1) is 0 Å². The minimum atomic E-state index is -0.695. The zero-order valence-electron chi connectivity index (χ0n) is 3.89. The molecule has 7 heavy (non-hydrogen) atoms. The Kier molecular flexibility index (Phi) is 2.85. The summed E-state index contributed by atoms with van der Waals surface area (Å²) in [5, 5.41) is 0. The van der Waals surface area contributed by atoms with E-state index in [-0.39, 0.29) is 0 Å². The first-order chi connectivity index (χ1) is 3.27. The third kappa shape index (κ3) is 5.08. The van der Waals surface area contributed by atoms with E-state index in [0.717, 1.165) is 0 Å². The second-order valence-electron chi connectivity index (χ2n) is 0.890. The predicted molar refractivity (Wildman–Crippen MR) is 28.9 cm³/mol. The van der Waals surface area contributed by atoms with Gasteiger partial charge in [-0.2, -0.15) is 4.39 Å². The highest BCUT2D eigenvalue weighted by atomic mass is 19.1. The van der Waals surface area contributed by atoms with E-state index in [0.29, 0.717) is 0 Å². The molecule has 0 radical (unpaired) electrons. The van der Waals surface area contributed by atoms with Crippen molar-refractivity contribution in [3.05, 3.63) is 25.2 Å². The summed E-state index contributed by atoms with van der Waals surface area (Å²) in [6, 6.07) is 0. The maximum Gasteiger partial charge on any atom is 0.205 e. The van der Waals surface area contributed by atoms with Gasteiger partial charge in [0, 0.05) is 6.21 Å². The van der Waals surface area contributed by atoms with Crippen LogP contribution >= 0.6 is 0 Å². The quantitative estimate of drug-likeness (QED) is 0.369. The lowest BCUT2D eigenvalue weighted by molar-refractivity contribution is 0.634. The Morgan fingerprint density at radius 1 is 1.71 bits per heavy atom. The van der Waals surface area contributed by atoms with Crippen LogP contribution in [-0.4, -0.2) is 6.21 Å². The van der Waals surface area contributed by atoms with E-state index in [1.54, 1.807) is 0 Å². The lowest BCUT2D eigenvalue weighted by Gasteiger charge is -1.73. The van der Waals surface area contributed by atoms with Crippen LogP contribution in [0.25, 0.3) is 0 Å². The molecule has 0 amide bonds. The van der Waals surface area contributed by atoms with E-state index in [2.05, 4.69) is 18.2 Å². The van der Waals surface area contributed by atoms with Gasteiger partial charge in [-0.3, -0.25) is 0 Å². The fourth-order valence-corrected chi connectivity index (χ4v) is 0.134. The van der Waals surface area contributed by atoms with Crippen molar-refractivity contribution in [2.24, 2.45) is 4.99 Å². The van der Waals surface area contributed by atoms with Crippen LogP contribution in [0.1, 0.15) is 0 Å². The third-order valence-corrected chi connectivity index (χ3v) is 0.320.